The van der Waals surface area contributed by atoms with Crippen LogP contribution in [0.5, 0.6) is 0 Å². The molecule has 2 rings (SSSR count). The van der Waals surface area contributed by atoms with Gasteiger partial charge in [-0.2, -0.15) is 0 Å². The molecule has 1 amide bonds. The van der Waals surface area contributed by atoms with Crippen molar-refractivity contribution in [1.29, 1.82) is 0 Å². The average Bonchev–Trinajstić information content (AvgIpc) is 2.49. The molecule has 2 N–H and O–H groups in total. The summed E-state index contributed by atoms with van der Waals surface area (Å²) >= 11 is 5.90. The Hall–Kier alpha value is -1.21. The van der Waals surface area contributed by atoms with Gasteiger partial charge in [0.15, 0.2) is 0 Å². The predicted octanol–water partition coefficient (Wildman–Crippen LogP) is 1.68. The zero-order valence-electron chi connectivity index (χ0n) is 13.1. The number of halogens is 2. The van der Waals surface area contributed by atoms with E-state index in [0.717, 1.165) is 32.0 Å². The van der Waals surface area contributed by atoms with Crippen molar-refractivity contribution < 1.29 is 19.0 Å². The number of hydrogen-bond acceptors (Lipinski definition) is 4. The first-order valence-corrected chi connectivity index (χ1v) is 8.02. The number of rotatable bonds is 6. The number of aliphatic hydroxyl groups excluding tert-OH is 1. The Bertz CT molecular complexity index is 536. The van der Waals surface area contributed by atoms with Gasteiger partial charge in [0, 0.05) is 32.8 Å². The number of benzene rings is 1. The monoisotopic (exact) mass is 344 g/mol. The fourth-order valence-electron chi connectivity index (χ4n) is 2.74. The van der Waals surface area contributed by atoms with E-state index in [1.54, 1.807) is 7.11 Å². The van der Waals surface area contributed by atoms with E-state index in [-0.39, 0.29) is 22.5 Å². The number of carbonyl (C=O) groups is 1. The number of β-amino-alcohol motifs (C(OH)–C–C–N with tert-alkyl or cyclic N) is 1. The van der Waals surface area contributed by atoms with Gasteiger partial charge in [0.2, 0.25) is 0 Å². The minimum Gasteiger partial charge on any atom is -0.389 e. The normalized spacial score (nSPS) is 17.9. The lowest BCUT2D eigenvalue weighted by atomic mass is 10.0. The minimum atomic E-state index is -0.496. The van der Waals surface area contributed by atoms with Gasteiger partial charge in [0.05, 0.1) is 23.3 Å². The largest absolute Gasteiger partial charge is 0.389 e. The van der Waals surface area contributed by atoms with Gasteiger partial charge in [0.25, 0.3) is 5.91 Å². The lowest BCUT2D eigenvalue weighted by Crippen LogP contribution is -2.47. The van der Waals surface area contributed by atoms with Crippen molar-refractivity contribution in [3.05, 3.63) is 34.6 Å². The number of methoxy groups -OCH3 is 1. The molecule has 23 heavy (non-hydrogen) atoms. The Balaban J connectivity index is 1.81. The van der Waals surface area contributed by atoms with Crippen molar-refractivity contribution >= 4 is 17.5 Å². The summed E-state index contributed by atoms with van der Waals surface area (Å²) < 4.78 is 17.9. The van der Waals surface area contributed by atoms with Crippen molar-refractivity contribution in [2.45, 2.75) is 25.0 Å². The zero-order chi connectivity index (χ0) is 16.8. The summed E-state index contributed by atoms with van der Waals surface area (Å²) in [5, 5.41) is 12.8. The summed E-state index contributed by atoms with van der Waals surface area (Å²) in [7, 11) is 1.56. The van der Waals surface area contributed by atoms with Gasteiger partial charge in [-0.05, 0) is 31.0 Å². The lowest BCUT2D eigenvalue weighted by molar-refractivity contribution is 0.0309. The molecule has 1 unspecified atom stereocenters. The summed E-state index contributed by atoms with van der Waals surface area (Å²) in [6.07, 6.45) is 1.10. The van der Waals surface area contributed by atoms with Crippen molar-refractivity contribution in [3.63, 3.8) is 0 Å². The highest BCUT2D eigenvalue weighted by atomic mass is 35.5. The summed E-state index contributed by atoms with van der Waals surface area (Å²) in [5.74, 6) is -0.748. The van der Waals surface area contributed by atoms with Crippen LogP contribution in [0, 0.1) is 5.82 Å². The van der Waals surface area contributed by atoms with Crippen molar-refractivity contribution in [3.8, 4) is 0 Å². The van der Waals surface area contributed by atoms with Crippen molar-refractivity contribution in [2.24, 2.45) is 0 Å². The van der Waals surface area contributed by atoms with E-state index in [0.29, 0.717) is 13.2 Å². The Labute approximate surface area is 140 Å². The van der Waals surface area contributed by atoms with E-state index in [1.807, 2.05) is 0 Å². The van der Waals surface area contributed by atoms with Gasteiger partial charge in [-0.15, -0.1) is 0 Å². The third kappa shape index (κ3) is 5.42. The smallest absolute Gasteiger partial charge is 0.253 e. The van der Waals surface area contributed by atoms with Crippen LogP contribution in [0.3, 0.4) is 0 Å². The average molecular weight is 345 g/mol. The van der Waals surface area contributed by atoms with Crippen molar-refractivity contribution in [1.82, 2.24) is 10.2 Å². The second-order valence-electron chi connectivity index (χ2n) is 5.78. The van der Waals surface area contributed by atoms with Crippen LogP contribution in [-0.4, -0.2) is 61.4 Å². The van der Waals surface area contributed by atoms with Crippen molar-refractivity contribution in [2.75, 3.05) is 33.4 Å². The Morgan fingerprint density at radius 1 is 1.52 bits per heavy atom. The third-order valence-electron chi connectivity index (χ3n) is 3.93. The molecule has 1 aliphatic rings. The van der Waals surface area contributed by atoms with Crippen LogP contribution in [0.25, 0.3) is 0 Å². The molecule has 1 heterocycles. The zero-order valence-corrected chi connectivity index (χ0v) is 13.9. The first-order chi connectivity index (χ1) is 11.0. The maximum Gasteiger partial charge on any atom is 0.253 e. The number of carbonyl (C=O) groups excluding carboxylic acids is 1. The first-order valence-electron chi connectivity index (χ1n) is 7.65. The van der Waals surface area contributed by atoms with Gasteiger partial charge < -0.3 is 20.1 Å². The van der Waals surface area contributed by atoms with Crippen LogP contribution in [0.1, 0.15) is 23.2 Å². The standard InChI is InChI=1S/C16H22ClFN2O3/c1-23-10-13(21)9-20-6-4-12(5-7-20)19-16(22)14-3-2-11(18)8-15(14)17/h2-3,8,12-13,21H,4-7,9-10H2,1H3,(H,19,22). The molecule has 1 fully saturated rings. The molecule has 1 atom stereocenters. The molecule has 0 saturated carbocycles. The summed E-state index contributed by atoms with van der Waals surface area (Å²) in [6.45, 7) is 2.48. The predicted molar refractivity (Wildman–Crippen MR) is 86.2 cm³/mol. The van der Waals surface area contributed by atoms with Gasteiger partial charge in [-0.3, -0.25) is 4.79 Å². The molecule has 1 aliphatic heterocycles. The Morgan fingerprint density at radius 3 is 2.83 bits per heavy atom. The van der Waals surface area contributed by atoms with Gasteiger partial charge in [0.1, 0.15) is 5.82 Å². The summed E-state index contributed by atoms with van der Waals surface area (Å²) in [5.41, 5.74) is 0.283. The van der Waals surface area contributed by atoms with E-state index in [9.17, 15) is 14.3 Å². The Kier molecular flexibility index (Phi) is 6.77. The number of likely N-dealkylation sites (tertiary alicyclic amines) is 1. The number of hydrogen-bond donors (Lipinski definition) is 2. The van der Waals surface area contributed by atoms with Crippen LogP contribution in [-0.2, 0) is 4.74 Å². The lowest BCUT2D eigenvalue weighted by Gasteiger charge is -2.33. The number of amides is 1. The molecule has 0 spiro atoms. The third-order valence-corrected chi connectivity index (χ3v) is 4.24. The number of ether oxygens (including phenoxy) is 1. The van der Waals surface area contributed by atoms with Gasteiger partial charge in [-0.25, -0.2) is 4.39 Å². The molecule has 0 aromatic heterocycles. The molecule has 0 bridgehead atoms. The maximum absolute atomic E-state index is 13.0. The highest BCUT2D eigenvalue weighted by Crippen LogP contribution is 2.18. The topological polar surface area (TPSA) is 61.8 Å². The summed E-state index contributed by atoms with van der Waals surface area (Å²) in [4.78, 5) is 14.4. The highest BCUT2D eigenvalue weighted by Gasteiger charge is 2.23. The molecule has 128 valence electrons. The molecular weight excluding hydrogens is 323 g/mol. The number of nitrogens with one attached hydrogen (secondary N) is 1. The second-order valence-corrected chi connectivity index (χ2v) is 6.19. The first kappa shape index (κ1) is 18.1. The van der Waals surface area contributed by atoms with E-state index >= 15 is 0 Å². The highest BCUT2D eigenvalue weighted by molar-refractivity contribution is 6.33. The maximum atomic E-state index is 13.0. The minimum absolute atomic E-state index is 0.0550. The second kappa shape index (κ2) is 8.59. The molecule has 1 saturated heterocycles. The number of nitrogens with zero attached hydrogens (tertiary/aromatic N) is 1. The van der Waals surface area contributed by atoms with Crippen LogP contribution in [0.15, 0.2) is 18.2 Å². The van der Waals surface area contributed by atoms with Gasteiger partial charge in [-0.1, -0.05) is 11.6 Å². The van der Waals surface area contributed by atoms with E-state index < -0.39 is 11.9 Å². The van der Waals surface area contributed by atoms with Crippen LogP contribution in [0.2, 0.25) is 5.02 Å². The fraction of sp³-hybridized carbons (Fsp3) is 0.562. The molecule has 0 aliphatic carbocycles. The molecule has 0 radical (unpaired) electrons. The SMILES string of the molecule is COCC(O)CN1CCC(NC(=O)c2ccc(F)cc2Cl)CC1. The van der Waals surface area contributed by atoms with Crippen LogP contribution < -0.4 is 5.32 Å². The summed E-state index contributed by atoms with van der Waals surface area (Å²) in [6, 6.07) is 3.81. The number of piperidine rings is 1. The molecule has 1 aromatic carbocycles. The quantitative estimate of drug-likeness (QED) is 0.824. The van der Waals surface area contributed by atoms with E-state index in [4.69, 9.17) is 16.3 Å². The fourth-order valence-corrected chi connectivity index (χ4v) is 2.99. The Morgan fingerprint density at radius 2 is 2.22 bits per heavy atom. The molecule has 5 nitrogen and oxygen atoms in total. The van der Waals surface area contributed by atoms with Crippen LogP contribution >= 0.6 is 11.6 Å². The van der Waals surface area contributed by atoms with E-state index in [2.05, 4.69) is 10.2 Å². The van der Waals surface area contributed by atoms with Gasteiger partial charge >= 0.3 is 0 Å². The number of aliphatic hydroxyl groups is 1. The molecular formula is C16H22ClFN2O3. The van der Waals surface area contributed by atoms with E-state index in [1.165, 1.54) is 12.1 Å². The van der Waals surface area contributed by atoms with Crippen LogP contribution in [0.4, 0.5) is 4.39 Å². The molecule has 1 aromatic rings. The molecule has 7 heteroatoms.